The first-order valence-electron chi connectivity index (χ1n) is 6.98. The van der Waals surface area contributed by atoms with Crippen molar-refractivity contribution in [1.29, 1.82) is 0 Å². The Labute approximate surface area is 125 Å². The van der Waals surface area contributed by atoms with Gasteiger partial charge >= 0.3 is 0 Å². The quantitative estimate of drug-likeness (QED) is 0.697. The van der Waals surface area contributed by atoms with Crippen LogP contribution in [-0.2, 0) is 13.2 Å². The van der Waals surface area contributed by atoms with Crippen LogP contribution in [0.3, 0.4) is 0 Å². The summed E-state index contributed by atoms with van der Waals surface area (Å²) in [6, 6.07) is 12.5. The summed E-state index contributed by atoms with van der Waals surface area (Å²) in [4.78, 5) is 1.25. The Bertz CT molecular complexity index is 468. The molecule has 0 saturated heterocycles. The second-order valence-corrected chi connectivity index (χ2v) is 5.68. The van der Waals surface area contributed by atoms with E-state index in [1.54, 1.807) is 11.3 Å². The van der Waals surface area contributed by atoms with Gasteiger partial charge in [-0.3, -0.25) is 0 Å². The molecule has 4 heteroatoms. The van der Waals surface area contributed by atoms with Gasteiger partial charge in [0.05, 0.1) is 0 Å². The fourth-order valence-corrected chi connectivity index (χ4v) is 2.49. The van der Waals surface area contributed by atoms with Crippen molar-refractivity contribution in [2.24, 2.45) is 0 Å². The topological polar surface area (TPSA) is 33.3 Å². The largest absolute Gasteiger partial charge is 0.488 e. The van der Waals surface area contributed by atoms with Crippen molar-refractivity contribution in [1.82, 2.24) is 10.6 Å². The number of hydrogen-bond acceptors (Lipinski definition) is 4. The summed E-state index contributed by atoms with van der Waals surface area (Å²) in [6.07, 6.45) is 1.15. The van der Waals surface area contributed by atoms with Crippen molar-refractivity contribution in [3.63, 3.8) is 0 Å². The molecule has 0 fully saturated rings. The molecule has 0 aliphatic heterocycles. The van der Waals surface area contributed by atoms with Gasteiger partial charge in [-0.15, -0.1) is 11.3 Å². The first kappa shape index (κ1) is 15.0. The summed E-state index contributed by atoms with van der Waals surface area (Å²) in [7, 11) is 1.98. The van der Waals surface area contributed by atoms with Crippen molar-refractivity contribution < 1.29 is 4.74 Å². The highest BCUT2D eigenvalue weighted by molar-refractivity contribution is 7.09. The maximum absolute atomic E-state index is 5.74. The molecule has 108 valence electrons. The Morgan fingerprint density at radius 1 is 1.10 bits per heavy atom. The molecule has 3 nitrogen and oxygen atoms in total. The van der Waals surface area contributed by atoms with E-state index < -0.39 is 0 Å². The fraction of sp³-hybridized carbons (Fsp3) is 0.375. The average molecular weight is 290 g/mol. The minimum absolute atomic E-state index is 0.652. The van der Waals surface area contributed by atoms with Crippen LogP contribution in [0.1, 0.15) is 16.9 Å². The molecule has 0 bridgehead atoms. The Balaban J connectivity index is 1.69. The van der Waals surface area contributed by atoms with E-state index in [0.717, 1.165) is 31.8 Å². The Kier molecular flexibility index (Phi) is 6.57. The summed E-state index contributed by atoms with van der Waals surface area (Å²) in [5.41, 5.74) is 1.29. The van der Waals surface area contributed by atoms with Gasteiger partial charge in [0, 0.05) is 11.4 Å². The standard InChI is InChI=1S/C16H22N2OS/c1-17-9-3-10-18-12-14-5-7-15(8-6-14)19-13-16-4-2-11-20-16/h2,4-8,11,17-18H,3,9-10,12-13H2,1H3. The summed E-state index contributed by atoms with van der Waals surface area (Å²) >= 11 is 1.72. The number of hydrogen-bond donors (Lipinski definition) is 2. The van der Waals surface area contributed by atoms with E-state index in [1.165, 1.54) is 10.4 Å². The fourth-order valence-electron chi connectivity index (χ4n) is 1.88. The monoisotopic (exact) mass is 290 g/mol. The molecule has 2 aromatic rings. The lowest BCUT2D eigenvalue weighted by atomic mass is 10.2. The highest BCUT2D eigenvalue weighted by atomic mass is 32.1. The van der Waals surface area contributed by atoms with Crippen LogP contribution in [0.5, 0.6) is 5.75 Å². The summed E-state index contributed by atoms with van der Waals surface area (Å²) in [5.74, 6) is 0.928. The van der Waals surface area contributed by atoms with Gasteiger partial charge in [-0.2, -0.15) is 0 Å². The van der Waals surface area contributed by atoms with Crippen LogP contribution in [0.25, 0.3) is 0 Å². The average Bonchev–Trinajstić information content (AvgIpc) is 2.99. The zero-order chi connectivity index (χ0) is 14.0. The second-order valence-electron chi connectivity index (χ2n) is 4.65. The molecule has 0 aliphatic rings. The third kappa shape index (κ3) is 5.33. The van der Waals surface area contributed by atoms with Crippen molar-refractivity contribution in [3.8, 4) is 5.75 Å². The van der Waals surface area contributed by atoms with Gasteiger partial charge in [-0.25, -0.2) is 0 Å². The van der Waals surface area contributed by atoms with Crippen LogP contribution in [-0.4, -0.2) is 20.1 Å². The zero-order valence-corrected chi connectivity index (χ0v) is 12.7. The summed E-state index contributed by atoms with van der Waals surface area (Å²) in [6.45, 7) is 3.66. The lowest BCUT2D eigenvalue weighted by Crippen LogP contribution is -2.19. The zero-order valence-electron chi connectivity index (χ0n) is 11.9. The molecule has 1 aromatic carbocycles. The van der Waals surface area contributed by atoms with Gasteiger partial charge < -0.3 is 15.4 Å². The summed E-state index contributed by atoms with van der Waals surface area (Å²) in [5, 5.41) is 8.65. The van der Waals surface area contributed by atoms with E-state index in [1.807, 2.05) is 25.2 Å². The van der Waals surface area contributed by atoms with Crippen molar-refractivity contribution in [2.75, 3.05) is 20.1 Å². The maximum Gasteiger partial charge on any atom is 0.122 e. The molecule has 2 rings (SSSR count). The summed E-state index contributed by atoms with van der Waals surface area (Å²) < 4.78 is 5.74. The number of thiophene rings is 1. The van der Waals surface area contributed by atoms with Gasteiger partial charge in [0.15, 0.2) is 0 Å². The molecule has 1 heterocycles. The Hall–Kier alpha value is -1.36. The third-order valence-corrected chi connectivity index (χ3v) is 3.84. The first-order valence-corrected chi connectivity index (χ1v) is 7.86. The van der Waals surface area contributed by atoms with Gasteiger partial charge in [-0.1, -0.05) is 18.2 Å². The number of nitrogens with one attached hydrogen (secondary N) is 2. The van der Waals surface area contributed by atoms with E-state index in [-0.39, 0.29) is 0 Å². The van der Waals surface area contributed by atoms with Crippen LogP contribution in [0.4, 0.5) is 0 Å². The van der Waals surface area contributed by atoms with Crippen LogP contribution in [0.15, 0.2) is 41.8 Å². The van der Waals surface area contributed by atoms with Crippen LogP contribution >= 0.6 is 11.3 Å². The van der Waals surface area contributed by atoms with Crippen molar-refractivity contribution >= 4 is 11.3 Å². The van der Waals surface area contributed by atoms with Crippen molar-refractivity contribution in [2.45, 2.75) is 19.6 Å². The smallest absolute Gasteiger partial charge is 0.122 e. The highest BCUT2D eigenvalue weighted by Crippen LogP contribution is 2.16. The van der Waals surface area contributed by atoms with Crippen LogP contribution < -0.4 is 15.4 Å². The maximum atomic E-state index is 5.74. The molecule has 0 saturated carbocycles. The number of ether oxygens (including phenoxy) is 1. The van der Waals surface area contributed by atoms with Gasteiger partial charge in [-0.05, 0) is 55.7 Å². The van der Waals surface area contributed by atoms with Crippen LogP contribution in [0, 0.1) is 0 Å². The lowest BCUT2D eigenvalue weighted by molar-refractivity contribution is 0.309. The van der Waals surface area contributed by atoms with E-state index in [4.69, 9.17) is 4.74 Å². The Morgan fingerprint density at radius 3 is 2.65 bits per heavy atom. The molecule has 0 amide bonds. The number of benzene rings is 1. The first-order chi connectivity index (χ1) is 9.88. The molecule has 20 heavy (non-hydrogen) atoms. The van der Waals surface area contributed by atoms with Gasteiger partial charge in [0.1, 0.15) is 12.4 Å². The molecular weight excluding hydrogens is 268 g/mol. The molecule has 0 aliphatic carbocycles. The normalized spacial score (nSPS) is 10.7. The van der Waals surface area contributed by atoms with Crippen LogP contribution in [0.2, 0.25) is 0 Å². The molecule has 2 N–H and O–H groups in total. The number of rotatable bonds is 9. The molecular formula is C16H22N2OS. The molecule has 1 aromatic heterocycles. The molecule has 0 radical (unpaired) electrons. The van der Waals surface area contributed by atoms with E-state index in [9.17, 15) is 0 Å². The molecule has 0 atom stereocenters. The van der Waals surface area contributed by atoms with Gasteiger partial charge in [0.25, 0.3) is 0 Å². The predicted molar refractivity (Wildman–Crippen MR) is 85.3 cm³/mol. The second kappa shape index (κ2) is 8.74. The third-order valence-electron chi connectivity index (χ3n) is 2.99. The molecule has 0 unspecified atom stereocenters. The van der Waals surface area contributed by atoms with E-state index in [0.29, 0.717) is 6.61 Å². The van der Waals surface area contributed by atoms with Crippen molar-refractivity contribution in [3.05, 3.63) is 52.2 Å². The minimum atomic E-state index is 0.652. The lowest BCUT2D eigenvalue weighted by Gasteiger charge is -2.07. The highest BCUT2D eigenvalue weighted by Gasteiger charge is 1.98. The Morgan fingerprint density at radius 2 is 1.95 bits per heavy atom. The van der Waals surface area contributed by atoms with Gasteiger partial charge in [0.2, 0.25) is 0 Å². The minimum Gasteiger partial charge on any atom is -0.488 e. The SMILES string of the molecule is CNCCCNCc1ccc(OCc2cccs2)cc1. The predicted octanol–water partition coefficient (Wildman–Crippen LogP) is 3.03. The van der Waals surface area contributed by atoms with E-state index in [2.05, 4.69) is 34.2 Å². The molecule has 0 spiro atoms. The van der Waals surface area contributed by atoms with E-state index >= 15 is 0 Å².